The zero-order valence-electron chi connectivity index (χ0n) is 14.8. The highest BCUT2D eigenvalue weighted by molar-refractivity contribution is 9.10. The second-order valence-electron chi connectivity index (χ2n) is 5.79. The van der Waals surface area contributed by atoms with Crippen LogP contribution in [0, 0.1) is 6.92 Å². The van der Waals surface area contributed by atoms with Gasteiger partial charge < -0.3 is 14.8 Å². The molecule has 0 bridgehead atoms. The Hall–Kier alpha value is -2.34. The van der Waals surface area contributed by atoms with Gasteiger partial charge in [-0.05, 0) is 42.7 Å². The molecule has 1 N–H and O–H groups in total. The summed E-state index contributed by atoms with van der Waals surface area (Å²) < 4.78 is 11.4. The summed E-state index contributed by atoms with van der Waals surface area (Å²) in [4.78, 5) is 23.8. The topological polar surface area (TPSA) is 64.6 Å². The Morgan fingerprint density at radius 1 is 1.08 bits per heavy atom. The normalized spacial score (nSPS) is 11.5. The summed E-state index contributed by atoms with van der Waals surface area (Å²) in [5.74, 6) is -0.306. The van der Waals surface area contributed by atoms with Crippen LogP contribution < -0.4 is 10.1 Å². The number of ether oxygens (including phenoxy) is 2. The molecule has 5 nitrogen and oxygen atoms in total. The third-order valence-corrected chi connectivity index (χ3v) is 4.35. The average Bonchev–Trinajstić information content (AvgIpc) is 2.64. The molecule has 0 aliphatic rings. The van der Waals surface area contributed by atoms with Crippen molar-refractivity contribution in [3.63, 3.8) is 0 Å². The monoisotopic (exact) mass is 419 g/mol. The molecule has 0 radical (unpaired) electrons. The lowest BCUT2D eigenvalue weighted by molar-refractivity contribution is -0.150. The van der Waals surface area contributed by atoms with Crippen LogP contribution >= 0.6 is 15.9 Å². The molecular weight excluding hydrogens is 398 g/mol. The molecule has 0 saturated carbocycles. The highest BCUT2D eigenvalue weighted by atomic mass is 79.9. The zero-order chi connectivity index (χ0) is 18.9. The lowest BCUT2D eigenvalue weighted by Gasteiger charge is -2.17. The van der Waals surface area contributed by atoms with Crippen molar-refractivity contribution >= 4 is 27.8 Å². The fourth-order valence-electron chi connectivity index (χ4n) is 2.39. The number of aryl methyl sites for hydroxylation is 1. The molecule has 0 unspecified atom stereocenters. The van der Waals surface area contributed by atoms with E-state index >= 15 is 0 Å². The Labute approximate surface area is 161 Å². The van der Waals surface area contributed by atoms with E-state index in [1.807, 2.05) is 56.3 Å². The number of esters is 1. The molecular formula is C20H22BrNO4. The van der Waals surface area contributed by atoms with Crippen molar-refractivity contribution in [2.75, 3.05) is 13.2 Å². The smallest absolute Gasteiger partial charge is 0.344 e. The van der Waals surface area contributed by atoms with Crippen LogP contribution in [0.4, 0.5) is 0 Å². The van der Waals surface area contributed by atoms with Crippen LogP contribution in [0.25, 0.3) is 0 Å². The summed E-state index contributed by atoms with van der Waals surface area (Å²) in [5.41, 5.74) is 1.93. The summed E-state index contributed by atoms with van der Waals surface area (Å²) in [6.45, 7) is 3.31. The second kappa shape index (κ2) is 9.97. The first-order chi connectivity index (χ1) is 12.5. The summed E-state index contributed by atoms with van der Waals surface area (Å²) in [5, 5.41) is 2.87. The molecule has 2 aromatic carbocycles. The van der Waals surface area contributed by atoms with Crippen LogP contribution in [0.2, 0.25) is 0 Å². The van der Waals surface area contributed by atoms with Gasteiger partial charge in [-0.1, -0.05) is 53.2 Å². The van der Waals surface area contributed by atoms with Crippen molar-refractivity contribution in [2.24, 2.45) is 0 Å². The summed E-state index contributed by atoms with van der Waals surface area (Å²) in [6.07, 6.45) is 0.734. The van der Waals surface area contributed by atoms with E-state index in [4.69, 9.17) is 9.47 Å². The van der Waals surface area contributed by atoms with Gasteiger partial charge in [-0.2, -0.15) is 0 Å². The van der Waals surface area contributed by atoms with Crippen LogP contribution in [-0.4, -0.2) is 25.1 Å². The molecule has 0 saturated heterocycles. The first-order valence-electron chi connectivity index (χ1n) is 8.38. The number of amides is 1. The number of hydrogen-bond donors (Lipinski definition) is 1. The Morgan fingerprint density at radius 2 is 1.77 bits per heavy atom. The zero-order valence-corrected chi connectivity index (χ0v) is 16.4. The van der Waals surface area contributed by atoms with E-state index < -0.39 is 5.97 Å². The van der Waals surface area contributed by atoms with Gasteiger partial charge in [-0.3, -0.25) is 4.79 Å². The van der Waals surface area contributed by atoms with E-state index in [2.05, 4.69) is 21.2 Å². The third kappa shape index (κ3) is 6.19. The highest BCUT2D eigenvalue weighted by Crippen LogP contribution is 2.19. The maximum Gasteiger partial charge on any atom is 0.344 e. The highest BCUT2D eigenvalue weighted by Gasteiger charge is 2.14. The number of rotatable bonds is 8. The van der Waals surface area contributed by atoms with Crippen LogP contribution in [0.5, 0.6) is 5.75 Å². The predicted molar refractivity (Wildman–Crippen MR) is 103 cm³/mol. The Bertz CT molecular complexity index is 746. The van der Waals surface area contributed by atoms with Crippen molar-refractivity contribution in [1.82, 2.24) is 5.32 Å². The fourth-order valence-corrected chi connectivity index (χ4v) is 2.66. The molecule has 0 fully saturated rings. The van der Waals surface area contributed by atoms with Crippen LogP contribution in [0.3, 0.4) is 0 Å². The third-order valence-electron chi connectivity index (χ3n) is 3.82. The minimum Gasteiger partial charge on any atom is -0.482 e. The minimum atomic E-state index is -0.583. The van der Waals surface area contributed by atoms with Crippen molar-refractivity contribution in [1.29, 1.82) is 0 Å². The summed E-state index contributed by atoms with van der Waals surface area (Å²) in [7, 11) is 0. The lowest BCUT2D eigenvalue weighted by atomic mass is 10.0. The lowest BCUT2D eigenvalue weighted by Crippen LogP contribution is -2.32. The van der Waals surface area contributed by atoms with Gasteiger partial charge in [0.05, 0.1) is 6.04 Å². The number of nitrogens with one attached hydrogen (secondary N) is 1. The number of benzene rings is 2. The van der Waals surface area contributed by atoms with Crippen molar-refractivity contribution in [2.45, 2.75) is 26.3 Å². The van der Waals surface area contributed by atoms with E-state index in [-0.39, 0.29) is 25.2 Å². The number of carbonyl (C=O) groups is 2. The SMILES string of the molecule is CC[C@@H](NC(=O)COC(=O)COc1ccccc1C)c1ccc(Br)cc1. The van der Waals surface area contributed by atoms with Gasteiger partial charge in [0.25, 0.3) is 5.91 Å². The van der Waals surface area contributed by atoms with Gasteiger partial charge in [0.1, 0.15) is 5.75 Å². The average molecular weight is 420 g/mol. The molecule has 6 heteroatoms. The van der Waals surface area contributed by atoms with Gasteiger partial charge in [-0.15, -0.1) is 0 Å². The van der Waals surface area contributed by atoms with Crippen LogP contribution in [0.1, 0.15) is 30.5 Å². The Balaban J connectivity index is 1.77. The van der Waals surface area contributed by atoms with E-state index in [0.717, 1.165) is 22.0 Å². The molecule has 0 aliphatic heterocycles. The van der Waals surface area contributed by atoms with Gasteiger partial charge in [0.2, 0.25) is 0 Å². The summed E-state index contributed by atoms with van der Waals surface area (Å²) in [6, 6.07) is 15.0. The van der Waals surface area contributed by atoms with Gasteiger partial charge >= 0.3 is 5.97 Å². The van der Waals surface area contributed by atoms with Crippen LogP contribution in [-0.2, 0) is 14.3 Å². The number of para-hydroxylation sites is 1. The minimum absolute atomic E-state index is 0.127. The van der Waals surface area contributed by atoms with E-state index in [0.29, 0.717) is 5.75 Å². The van der Waals surface area contributed by atoms with Crippen molar-refractivity contribution in [3.05, 3.63) is 64.1 Å². The van der Waals surface area contributed by atoms with Crippen molar-refractivity contribution < 1.29 is 19.1 Å². The molecule has 0 aromatic heterocycles. The first kappa shape index (κ1) is 20.0. The molecule has 2 rings (SSSR count). The Kier molecular flexibility index (Phi) is 7.66. The number of halogens is 1. The van der Waals surface area contributed by atoms with Gasteiger partial charge in [0.15, 0.2) is 13.2 Å². The standard InChI is InChI=1S/C20H22BrNO4/c1-3-17(15-8-10-16(21)11-9-15)22-19(23)12-26-20(24)13-25-18-7-5-4-6-14(18)2/h4-11,17H,3,12-13H2,1-2H3,(H,22,23)/t17-/m1/s1. The number of carbonyl (C=O) groups excluding carboxylic acids is 2. The van der Waals surface area contributed by atoms with E-state index in [1.165, 1.54) is 0 Å². The molecule has 0 heterocycles. The van der Waals surface area contributed by atoms with Crippen molar-refractivity contribution in [3.8, 4) is 5.75 Å². The van der Waals surface area contributed by atoms with E-state index in [1.54, 1.807) is 6.07 Å². The maximum atomic E-state index is 12.0. The molecule has 0 aliphatic carbocycles. The summed E-state index contributed by atoms with van der Waals surface area (Å²) >= 11 is 3.39. The quantitative estimate of drug-likeness (QED) is 0.657. The van der Waals surface area contributed by atoms with Crippen LogP contribution in [0.15, 0.2) is 53.0 Å². The van der Waals surface area contributed by atoms with E-state index in [9.17, 15) is 9.59 Å². The second-order valence-corrected chi connectivity index (χ2v) is 6.71. The van der Waals surface area contributed by atoms with Gasteiger partial charge in [0, 0.05) is 4.47 Å². The number of hydrogen-bond acceptors (Lipinski definition) is 4. The predicted octanol–water partition coefficient (Wildman–Crippen LogP) is 3.95. The Morgan fingerprint density at radius 3 is 2.42 bits per heavy atom. The molecule has 1 amide bonds. The molecule has 0 spiro atoms. The fraction of sp³-hybridized carbons (Fsp3) is 0.300. The largest absolute Gasteiger partial charge is 0.482 e. The maximum absolute atomic E-state index is 12.0. The van der Waals surface area contributed by atoms with Gasteiger partial charge in [-0.25, -0.2) is 4.79 Å². The first-order valence-corrected chi connectivity index (χ1v) is 9.17. The molecule has 1 atom stereocenters. The molecule has 138 valence electrons. The molecule has 26 heavy (non-hydrogen) atoms. The molecule has 2 aromatic rings.